The first-order valence-corrected chi connectivity index (χ1v) is 6.98. The molecule has 0 saturated heterocycles. The first-order chi connectivity index (χ1) is 9.49. The Morgan fingerprint density at radius 2 is 2.10 bits per heavy atom. The SMILES string of the molecule is [B]C([B])(CN(C)C)n1ccc2c3c(ccc21)OCCC3. The van der Waals surface area contributed by atoms with E-state index in [0.29, 0.717) is 6.54 Å². The molecule has 0 fully saturated rings. The summed E-state index contributed by atoms with van der Waals surface area (Å²) in [5.41, 5.74) is 2.34. The van der Waals surface area contributed by atoms with E-state index in [2.05, 4.69) is 6.07 Å². The lowest BCUT2D eigenvalue weighted by molar-refractivity contribution is 0.289. The maximum absolute atomic E-state index is 6.29. The fourth-order valence-corrected chi connectivity index (χ4v) is 3.03. The minimum Gasteiger partial charge on any atom is -0.493 e. The third kappa shape index (κ3) is 2.24. The Kier molecular flexibility index (Phi) is 3.33. The number of benzene rings is 1. The van der Waals surface area contributed by atoms with Crippen molar-refractivity contribution in [2.24, 2.45) is 0 Å². The minimum atomic E-state index is -0.922. The van der Waals surface area contributed by atoms with E-state index in [1.54, 1.807) is 0 Å². The molecule has 20 heavy (non-hydrogen) atoms. The fraction of sp³-hybridized carbons (Fsp3) is 0.467. The highest BCUT2D eigenvalue weighted by Crippen LogP contribution is 2.33. The van der Waals surface area contributed by atoms with Gasteiger partial charge in [0.1, 0.15) is 5.75 Å². The molecule has 3 nitrogen and oxygen atoms in total. The second-order valence-electron chi connectivity index (χ2n) is 5.84. The van der Waals surface area contributed by atoms with Crippen LogP contribution in [0.3, 0.4) is 0 Å². The van der Waals surface area contributed by atoms with Crippen LogP contribution in [-0.2, 0) is 11.8 Å². The molecule has 4 radical (unpaired) electrons. The summed E-state index contributed by atoms with van der Waals surface area (Å²) in [5, 5.41) is 0.274. The quantitative estimate of drug-likeness (QED) is 0.781. The monoisotopic (exact) mass is 264 g/mol. The van der Waals surface area contributed by atoms with Crippen LogP contribution in [0.2, 0.25) is 0 Å². The van der Waals surface area contributed by atoms with Gasteiger partial charge in [-0.3, -0.25) is 0 Å². The number of fused-ring (bicyclic) bond motifs is 3. The minimum absolute atomic E-state index is 0.574. The van der Waals surface area contributed by atoms with Crippen LogP contribution in [0.5, 0.6) is 5.75 Å². The third-order valence-corrected chi connectivity index (χ3v) is 3.79. The maximum Gasteiger partial charge on any atom is 0.123 e. The van der Waals surface area contributed by atoms with E-state index in [1.165, 1.54) is 10.9 Å². The smallest absolute Gasteiger partial charge is 0.123 e. The van der Waals surface area contributed by atoms with E-state index in [-0.39, 0.29) is 0 Å². The van der Waals surface area contributed by atoms with Gasteiger partial charge in [0, 0.05) is 29.2 Å². The molecule has 0 N–H and O–H groups in total. The molecule has 0 atom stereocenters. The second-order valence-corrected chi connectivity index (χ2v) is 5.84. The summed E-state index contributed by atoms with van der Waals surface area (Å²) in [4.78, 5) is 1.99. The number of aromatic nitrogens is 1. The number of aryl methyl sites for hydroxylation is 1. The van der Waals surface area contributed by atoms with Crippen LogP contribution in [0, 0.1) is 0 Å². The van der Waals surface area contributed by atoms with Crippen LogP contribution in [0.4, 0.5) is 0 Å². The molecule has 100 valence electrons. The van der Waals surface area contributed by atoms with Crippen molar-refractivity contribution in [2.45, 2.75) is 18.2 Å². The van der Waals surface area contributed by atoms with Gasteiger partial charge in [0.05, 0.1) is 22.3 Å². The summed E-state index contributed by atoms with van der Waals surface area (Å²) in [6.07, 6.45) is 4.08. The van der Waals surface area contributed by atoms with Gasteiger partial charge in [0.2, 0.25) is 0 Å². The van der Waals surface area contributed by atoms with E-state index < -0.39 is 5.34 Å². The van der Waals surface area contributed by atoms with Gasteiger partial charge in [0.15, 0.2) is 0 Å². The number of ether oxygens (including phenoxy) is 1. The Labute approximate surface area is 122 Å². The highest BCUT2D eigenvalue weighted by Gasteiger charge is 2.23. The number of rotatable bonds is 3. The van der Waals surface area contributed by atoms with Crippen molar-refractivity contribution in [1.29, 1.82) is 0 Å². The highest BCUT2D eigenvalue weighted by molar-refractivity contribution is 6.38. The molecule has 0 saturated carbocycles. The van der Waals surface area contributed by atoms with Crippen molar-refractivity contribution in [3.8, 4) is 5.75 Å². The van der Waals surface area contributed by atoms with Crippen molar-refractivity contribution in [3.05, 3.63) is 30.0 Å². The largest absolute Gasteiger partial charge is 0.493 e. The summed E-state index contributed by atoms with van der Waals surface area (Å²) in [6, 6.07) is 6.16. The van der Waals surface area contributed by atoms with Gasteiger partial charge < -0.3 is 14.2 Å². The first-order valence-electron chi connectivity index (χ1n) is 6.98. The molecule has 2 aromatic rings. The van der Waals surface area contributed by atoms with Crippen LogP contribution in [-0.4, -0.2) is 52.4 Å². The molecule has 1 aliphatic heterocycles. The van der Waals surface area contributed by atoms with E-state index in [1.807, 2.05) is 41.9 Å². The summed E-state index contributed by atoms with van der Waals surface area (Å²) in [6.45, 7) is 1.38. The Balaban J connectivity index is 2.10. The molecule has 0 unspecified atom stereocenters. The average Bonchev–Trinajstić information content (AvgIpc) is 2.82. The normalized spacial score (nSPS) is 15.3. The Hall–Kier alpha value is -1.35. The Morgan fingerprint density at radius 3 is 2.85 bits per heavy atom. The Morgan fingerprint density at radius 1 is 1.30 bits per heavy atom. The van der Waals surface area contributed by atoms with Gasteiger partial charge in [-0.15, -0.1) is 0 Å². The number of hydrogen-bond donors (Lipinski definition) is 0. The van der Waals surface area contributed by atoms with Gasteiger partial charge in [-0.1, -0.05) is 0 Å². The average molecular weight is 264 g/mol. The summed E-state index contributed by atoms with van der Waals surface area (Å²) in [5.74, 6) is 0.994. The maximum atomic E-state index is 6.29. The molecule has 1 aromatic carbocycles. The Bertz CT molecular complexity index is 634. The van der Waals surface area contributed by atoms with Crippen LogP contribution in [0.25, 0.3) is 10.9 Å². The second kappa shape index (κ2) is 4.88. The zero-order valence-corrected chi connectivity index (χ0v) is 12.1. The molecule has 0 aliphatic carbocycles. The van der Waals surface area contributed by atoms with Crippen LogP contribution < -0.4 is 4.74 Å². The van der Waals surface area contributed by atoms with Crippen molar-refractivity contribution in [2.75, 3.05) is 27.2 Å². The van der Waals surface area contributed by atoms with Gasteiger partial charge in [-0.2, -0.15) is 0 Å². The predicted octanol–water partition coefficient (Wildman–Crippen LogP) is 1.48. The fourth-order valence-electron chi connectivity index (χ4n) is 3.03. The van der Waals surface area contributed by atoms with E-state index in [4.69, 9.17) is 20.4 Å². The van der Waals surface area contributed by atoms with Crippen molar-refractivity contribution < 1.29 is 4.74 Å². The summed E-state index contributed by atoms with van der Waals surface area (Å²) in [7, 11) is 16.5. The zero-order chi connectivity index (χ0) is 14.3. The number of hydrogen-bond acceptors (Lipinski definition) is 2. The van der Waals surface area contributed by atoms with Crippen LogP contribution in [0.1, 0.15) is 12.0 Å². The first kappa shape index (κ1) is 13.6. The summed E-state index contributed by atoms with van der Waals surface area (Å²) < 4.78 is 7.67. The van der Waals surface area contributed by atoms with Crippen LogP contribution >= 0.6 is 0 Å². The van der Waals surface area contributed by atoms with Crippen molar-refractivity contribution in [3.63, 3.8) is 0 Å². The van der Waals surface area contributed by atoms with Crippen molar-refractivity contribution in [1.82, 2.24) is 9.47 Å². The van der Waals surface area contributed by atoms with E-state index >= 15 is 0 Å². The lowest BCUT2D eigenvalue weighted by Gasteiger charge is -2.32. The van der Waals surface area contributed by atoms with Crippen molar-refractivity contribution >= 4 is 26.6 Å². The van der Waals surface area contributed by atoms with Gasteiger partial charge in [-0.25, -0.2) is 0 Å². The highest BCUT2D eigenvalue weighted by atomic mass is 16.5. The molecular formula is C15H18B2N2O. The molecule has 1 aromatic heterocycles. The lowest BCUT2D eigenvalue weighted by atomic mass is 9.61. The molecule has 5 heteroatoms. The molecule has 2 heterocycles. The lowest BCUT2D eigenvalue weighted by Crippen LogP contribution is -2.43. The number of likely N-dealkylation sites (N-methyl/N-ethyl adjacent to an activating group) is 1. The molecular weight excluding hydrogens is 246 g/mol. The molecule has 3 rings (SSSR count). The summed E-state index contributed by atoms with van der Waals surface area (Å²) >= 11 is 0. The topological polar surface area (TPSA) is 17.4 Å². The van der Waals surface area contributed by atoms with Gasteiger partial charge >= 0.3 is 0 Å². The molecule has 1 aliphatic rings. The number of nitrogens with zero attached hydrogens (tertiary/aromatic N) is 2. The molecule has 0 amide bonds. The van der Waals surface area contributed by atoms with Gasteiger partial charge in [-0.05, 0) is 50.5 Å². The third-order valence-electron chi connectivity index (χ3n) is 3.79. The zero-order valence-electron chi connectivity index (χ0n) is 12.1. The van der Waals surface area contributed by atoms with Crippen LogP contribution in [0.15, 0.2) is 24.4 Å². The molecule has 0 bridgehead atoms. The van der Waals surface area contributed by atoms with E-state index in [9.17, 15) is 0 Å². The molecule has 0 spiro atoms. The standard InChI is InChI=1S/C15H18B2N2O/c1-18(2)10-15(16,17)19-8-7-11-12-4-3-9-20-14(12)6-5-13(11)19/h5-8H,3-4,9-10H2,1-2H3. The van der Waals surface area contributed by atoms with Gasteiger partial charge in [0.25, 0.3) is 0 Å². The van der Waals surface area contributed by atoms with E-state index in [0.717, 1.165) is 30.7 Å². The predicted molar refractivity (Wildman–Crippen MR) is 83.8 cm³/mol.